The maximum absolute atomic E-state index is 5.63. The number of nitrogens with zero attached hydrogens (tertiary/aromatic N) is 1. The Kier molecular flexibility index (Phi) is 2.13. The molecule has 1 saturated carbocycles. The van der Waals surface area contributed by atoms with Gasteiger partial charge < -0.3 is 5.73 Å². The van der Waals surface area contributed by atoms with Crippen molar-refractivity contribution in [2.45, 2.75) is 38.6 Å². The van der Waals surface area contributed by atoms with Crippen LogP contribution in [0, 0.1) is 5.41 Å². The molecule has 70 valence electrons. The minimum atomic E-state index is 0.608. The Balaban J connectivity index is 1.82. The highest BCUT2D eigenvalue weighted by molar-refractivity contribution is 4.99. The first-order valence-electron chi connectivity index (χ1n) is 5.20. The fraction of sp³-hybridized carbons (Fsp3) is 1.00. The molecule has 2 rings (SSSR count). The first-order chi connectivity index (χ1) is 5.76. The molecule has 0 aromatic carbocycles. The standard InChI is InChI=1S/C10H20N2/c1-9(6-11)12-7-10(8-12)4-2-3-5-10/h9H,2-8,11H2,1H3. The van der Waals surface area contributed by atoms with Crippen LogP contribution in [0.2, 0.25) is 0 Å². The third-order valence-corrected chi connectivity index (χ3v) is 3.71. The predicted octanol–water partition coefficient (Wildman–Crippen LogP) is 1.21. The Labute approximate surface area is 75.1 Å². The fourth-order valence-corrected chi connectivity index (χ4v) is 2.72. The summed E-state index contributed by atoms with van der Waals surface area (Å²) < 4.78 is 0. The first-order valence-corrected chi connectivity index (χ1v) is 5.20. The molecule has 0 aromatic rings. The van der Waals surface area contributed by atoms with Crippen molar-refractivity contribution in [3.63, 3.8) is 0 Å². The fourth-order valence-electron chi connectivity index (χ4n) is 2.72. The number of likely N-dealkylation sites (tertiary alicyclic amines) is 1. The molecular weight excluding hydrogens is 148 g/mol. The molecular formula is C10H20N2. The van der Waals surface area contributed by atoms with Gasteiger partial charge in [-0.05, 0) is 25.2 Å². The highest BCUT2D eigenvalue weighted by Crippen LogP contribution is 2.45. The van der Waals surface area contributed by atoms with Gasteiger partial charge in [0, 0.05) is 25.7 Å². The van der Waals surface area contributed by atoms with Crippen molar-refractivity contribution in [2.24, 2.45) is 11.1 Å². The Morgan fingerprint density at radius 3 is 2.42 bits per heavy atom. The summed E-state index contributed by atoms with van der Waals surface area (Å²) in [6.07, 6.45) is 5.87. The molecule has 0 aromatic heterocycles. The smallest absolute Gasteiger partial charge is 0.0190 e. The van der Waals surface area contributed by atoms with Gasteiger partial charge in [-0.3, -0.25) is 4.90 Å². The van der Waals surface area contributed by atoms with E-state index in [0.717, 1.165) is 12.0 Å². The SMILES string of the molecule is CC(CN)N1CC2(CCCC2)C1. The average molecular weight is 168 g/mol. The van der Waals surface area contributed by atoms with E-state index in [-0.39, 0.29) is 0 Å². The van der Waals surface area contributed by atoms with Crippen molar-refractivity contribution >= 4 is 0 Å². The molecule has 2 aliphatic rings. The number of hydrogen-bond acceptors (Lipinski definition) is 2. The van der Waals surface area contributed by atoms with Crippen LogP contribution in [-0.4, -0.2) is 30.6 Å². The van der Waals surface area contributed by atoms with Crippen molar-refractivity contribution in [3.8, 4) is 0 Å². The van der Waals surface area contributed by atoms with E-state index in [1.807, 2.05) is 0 Å². The van der Waals surface area contributed by atoms with Crippen molar-refractivity contribution < 1.29 is 0 Å². The molecule has 12 heavy (non-hydrogen) atoms. The van der Waals surface area contributed by atoms with Crippen LogP contribution in [0.25, 0.3) is 0 Å². The molecule has 1 saturated heterocycles. The third-order valence-electron chi connectivity index (χ3n) is 3.71. The van der Waals surface area contributed by atoms with Crippen molar-refractivity contribution in [1.29, 1.82) is 0 Å². The van der Waals surface area contributed by atoms with Crippen molar-refractivity contribution in [1.82, 2.24) is 4.90 Å². The summed E-state index contributed by atoms with van der Waals surface area (Å²) in [6, 6.07) is 0.608. The summed E-state index contributed by atoms with van der Waals surface area (Å²) >= 11 is 0. The van der Waals surface area contributed by atoms with Crippen LogP contribution < -0.4 is 5.73 Å². The van der Waals surface area contributed by atoms with E-state index in [0.29, 0.717) is 6.04 Å². The molecule has 1 heterocycles. The predicted molar refractivity (Wildman–Crippen MR) is 51.0 cm³/mol. The van der Waals surface area contributed by atoms with Crippen LogP contribution in [0.5, 0.6) is 0 Å². The van der Waals surface area contributed by atoms with Gasteiger partial charge in [0.1, 0.15) is 0 Å². The maximum atomic E-state index is 5.63. The normalized spacial score (nSPS) is 30.5. The third kappa shape index (κ3) is 1.27. The lowest BCUT2D eigenvalue weighted by Crippen LogP contribution is -2.59. The van der Waals surface area contributed by atoms with Crippen LogP contribution >= 0.6 is 0 Å². The summed E-state index contributed by atoms with van der Waals surface area (Å²) in [5.41, 5.74) is 6.37. The van der Waals surface area contributed by atoms with Gasteiger partial charge in [-0.15, -0.1) is 0 Å². The highest BCUT2D eigenvalue weighted by atomic mass is 15.2. The number of hydrogen-bond donors (Lipinski definition) is 1. The lowest BCUT2D eigenvalue weighted by Gasteiger charge is -2.51. The zero-order valence-corrected chi connectivity index (χ0v) is 8.05. The lowest BCUT2D eigenvalue weighted by atomic mass is 9.77. The molecule has 1 aliphatic heterocycles. The lowest BCUT2D eigenvalue weighted by molar-refractivity contribution is -0.0191. The van der Waals surface area contributed by atoms with Gasteiger partial charge in [0.25, 0.3) is 0 Å². The number of rotatable bonds is 2. The summed E-state index contributed by atoms with van der Waals surface area (Å²) in [7, 11) is 0. The van der Waals surface area contributed by atoms with E-state index in [1.165, 1.54) is 38.8 Å². The van der Waals surface area contributed by atoms with Gasteiger partial charge in [-0.1, -0.05) is 12.8 Å². The molecule has 0 bridgehead atoms. The van der Waals surface area contributed by atoms with E-state index < -0.39 is 0 Å². The quantitative estimate of drug-likeness (QED) is 0.671. The zero-order valence-electron chi connectivity index (χ0n) is 8.05. The first kappa shape index (κ1) is 8.52. The van der Waals surface area contributed by atoms with Crippen LogP contribution in [0.3, 0.4) is 0 Å². The largest absolute Gasteiger partial charge is 0.329 e. The summed E-state index contributed by atoms with van der Waals surface area (Å²) in [6.45, 7) is 5.70. The maximum Gasteiger partial charge on any atom is 0.0190 e. The Morgan fingerprint density at radius 1 is 1.33 bits per heavy atom. The Hall–Kier alpha value is -0.0800. The molecule has 0 radical (unpaired) electrons. The highest BCUT2D eigenvalue weighted by Gasteiger charge is 2.45. The van der Waals surface area contributed by atoms with E-state index in [4.69, 9.17) is 5.73 Å². The average Bonchev–Trinajstić information content (AvgIpc) is 2.48. The van der Waals surface area contributed by atoms with Crippen molar-refractivity contribution in [2.75, 3.05) is 19.6 Å². The van der Waals surface area contributed by atoms with Gasteiger partial charge in [0.05, 0.1) is 0 Å². The van der Waals surface area contributed by atoms with Crippen LogP contribution in [0.4, 0.5) is 0 Å². The molecule has 0 amide bonds. The van der Waals surface area contributed by atoms with E-state index in [9.17, 15) is 0 Å². The molecule has 1 atom stereocenters. The van der Waals surface area contributed by atoms with Gasteiger partial charge in [0.15, 0.2) is 0 Å². The molecule has 2 nitrogen and oxygen atoms in total. The molecule has 1 unspecified atom stereocenters. The minimum absolute atomic E-state index is 0.608. The Bertz CT molecular complexity index is 153. The second-order valence-electron chi connectivity index (χ2n) is 4.70. The topological polar surface area (TPSA) is 29.3 Å². The van der Waals surface area contributed by atoms with Crippen LogP contribution in [0.1, 0.15) is 32.6 Å². The summed E-state index contributed by atoms with van der Waals surface area (Å²) in [5, 5.41) is 0. The second kappa shape index (κ2) is 3.00. The van der Waals surface area contributed by atoms with Crippen molar-refractivity contribution in [3.05, 3.63) is 0 Å². The second-order valence-corrected chi connectivity index (χ2v) is 4.70. The van der Waals surface area contributed by atoms with Gasteiger partial charge in [0.2, 0.25) is 0 Å². The monoisotopic (exact) mass is 168 g/mol. The van der Waals surface area contributed by atoms with Gasteiger partial charge >= 0.3 is 0 Å². The van der Waals surface area contributed by atoms with E-state index in [1.54, 1.807) is 0 Å². The summed E-state index contributed by atoms with van der Waals surface area (Å²) in [5.74, 6) is 0. The Morgan fingerprint density at radius 2 is 1.92 bits per heavy atom. The molecule has 1 aliphatic carbocycles. The molecule has 2 fully saturated rings. The molecule has 2 N–H and O–H groups in total. The van der Waals surface area contributed by atoms with Crippen LogP contribution in [0.15, 0.2) is 0 Å². The van der Waals surface area contributed by atoms with E-state index >= 15 is 0 Å². The number of nitrogens with two attached hydrogens (primary N) is 1. The van der Waals surface area contributed by atoms with Crippen LogP contribution in [-0.2, 0) is 0 Å². The minimum Gasteiger partial charge on any atom is -0.329 e. The van der Waals surface area contributed by atoms with E-state index in [2.05, 4.69) is 11.8 Å². The zero-order chi connectivity index (χ0) is 8.60. The summed E-state index contributed by atoms with van der Waals surface area (Å²) in [4.78, 5) is 2.53. The van der Waals surface area contributed by atoms with Gasteiger partial charge in [-0.2, -0.15) is 0 Å². The van der Waals surface area contributed by atoms with Gasteiger partial charge in [-0.25, -0.2) is 0 Å². The molecule has 1 spiro atoms. The molecule has 2 heteroatoms.